The topological polar surface area (TPSA) is 84.9 Å². The second kappa shape index (κ2) is 7.96. The molecule has 1 aromatic carbocycles. The predicted molar refractivity (Wildman–Crippen MR) is 90.6 cm³/mol. The van der Waals surface area contributed by atoms with Crippen molar-refractivity contribution in [3.05, 3.63) is 23.8 Å². The number of rotatable bonds is 5. The van der Waals surface area contributed by atoms with E-state index in [1.807, 2.05) is 13.8 Å². The van der Waals surface area contributed by atoms with Gasteiger partial charge in [-0.05, 0) is 30.5 Å². The van der Waals surface area contributed by atoms with Crippen LogP contribution >= 0.6 is 0 Å². The standard InChI is InChI=1S/C16H24N2O5S/c1-12(2)11-23-16(19)17-14-5-4-13(3)15(10-14)24(20,21)18-6-8-22-9-7-18/h4-5,10,12H,6-9,11H2,1-3H3,(H,17,19). The summed E-state index contributed by atoms with van der Waals surface area (Å²) in [5.74, 6) is 0.228. The molecule has 0 unspecified atom stereocenters. The van der Waals surface area contributed by atoms with Crippen molar-refractivity contribution in [2.45, 2.75) is 25.7 Å². The molecule has 1 saturated heterocycles. The van der Waals surface area contributed by atoms with E-state index in [4.69, 9.17) is 9.47 Å². The highest BCUT2D eigenvalue weighted by atomic mass is 32.2. The lowest BCUT2D eigenvalue weighted by atomic mass is 10.2. The first-order valence-electron chi connectivity index (χ1n) is 7.93. The maximum absolute atomic E-state index is 12.8. The maximum atomic E-state index is 12.8. The first kappa shape index (κ1) is 18.7. The Balaban J connectivity index is 2.17. The van der Waals surface area contributed by atoms with Crippen molar-refractivity contribution in [2.24, 2.45) is 5.92 Å². The van der Waals surface area contributed by atoms with Crippen molar-refractivity contribution in [1.29, 1.82) is 0 Å². The Hall–Kier alpha value is -1.64. The molecule has 1 fully saturated rings. The Labute approximate surface area is 143 Å². The Bertz CT molecular complexity index is 682. The molecule has 0 spiro atoms. The van der Waals surface area contributed by atoms with E-state index in [9.17, 15) is 13.2 Å². The van der Waals surface area contributed by atoms with Crippen molar-refractivity contribution in [3.8, 4) is 0 Å². The molecule has 0 bridgehead atoms. The summed E-state index contributed by atoms with van der Waals surface area (Å²) in [7, 11) is -3.62. The monoisotopic (exact) mass is 356 g/mol. The minimum atomic E-state index is -3.62. The molecule has 1 aliphatic rings. The molecule has 1 heterocycles. The van der Waals surface area contributed by atoms with Gasteiger partial charge in [0.15, 0.2) is 0 Å². The van der Waals surface area contributed by atoms with Crippen LogP contribution in [0.2, 0.25) is 0 Å². The van der Waals surface area contributed by atoms with Gasteiger partial charge in [-0.1, -0.05) is 19.9 Å². The molecule has 0 aromatic heterocycles. The molecule has 7 nitrogen and oxygen atoms in total. The van der Waals surface area contributed by atoms with Crippen LogP contribution in [0, 0.1) is 12.8 Å². The highest BCUT2D eigenvalue weighted by Crippen LogP contribution is 2.24. The summed E-state index contributed by atoms with van der Waals surface area (Å²) in [6, 6.07) is 4.80. The normalized spacial score (nSPS) is 16.2. The summed E-state index contributed by atoms with van der Waals surface area (Å²) in [5, 5.41) is 2.57. The number of sulfonamides is 1. The van der Waals surface area contributed by atoms with Crippen molar-refractivity contribution in [3.63, 3.8) is 0 Å². The number of amides is 1. The van der Waals surface area contributed by atoms with E-state index >= 15 is 0 Å². The summed E-state index contributed by atoms with van der Waals surface area (Å²) in [5.41, 5.74) is 1.02. The van der Waals surface area contributed by atoms with Gasteiger partial charge in [-0.2, -0.15) is 4.31 Å². The number of morpholine rings is 1. The highest BCUT2D eigenvalue weighted by molar-refractivity contribution is 7.89. The Morgan fingerprint density at radius 3 is 2.62 bits per heavy atom. The summed E-state index contributed by atoms with van der Waals surface area (Å²) < 4.78 is 37.2. The zero-order valence-corrected chi connectivity index (χ0v) is 15.1. The zero-order chi connectivity index (χ0) is 17.7. The van der Waals surface area contributed by atoms with Crippen LogP contribution < -0.4 is 5.32 Å². The number of ether oxygens (including phenoxy) is 2. The number of nitrogens with zero attached hydrogens (tertiary/aromatic N) is 1. The average molecular weight is 356 g/mol. The van der Waals surface area contributed by atoms with Gasteiger partial charge in [0.1, 0.15) is 0 Å². The minimum Gasteiger partial charge on any atom is -0.449 e. The molecule has 0 aliphatic carbocycles. The van der Waals surface area contributed by atoms with Crippen LogP contribution in [0.4, 0.5) is 10.5 Å². The molecule has 134 valence electrons. The van der Waals surface area contributed by atoms with Gasteiger partial charge < -0.3 is 9.47 Å². The number of hydrogen-bond acceptors (Lipinski definition) is 5. The Morgan fingerprint density at radius 1 is 1.33 bits per heavy atom. The van der Waals surface area contributed by atoms with Crippen LogP contribution in [-0.2, 0) is 19.5 Å². The van der Waals surface area contributed by atoms with E-state index in [2.05, 4.69) is 5.32 Å². The molecule has 24 heavy (non-hydrogen) atoms. The largest absolute Gasteiger partial charge is 0.449 e. The van der Waals surface area contributed by atoms with Gasteiger partial charge in [-0.3, -0.25) is 5.32 Å². The van der Waals surface area contributed by atoms with Crippen LogP contribution in [0.25, 0.3) is 0 Å². The molecule has 1 N–H and O–H groups in total. The Morgan fingerprint density at radius 2 is 2.00 bits per heavy atom. The van der Waals surface area contributed by atoms with Crippen molar-refractivity contribution >= 4 is 21.8 Å². The molecule has 2 rings (SSSR count). The van der Waals surface area contributed by atoms with Gasteiger partial charge >= 0.3 is 6.09 Å². The minimum absolute atomic E-state index is 0.186. The van der Waals surface area contributed by atoms with Crippen molar-refractivity contribution in [1.82, 2.24) is 4.31 Å². The van der Waals surface area contributed by atoms with E-state index in [1.165, 1.54) is 10.4 Å². The third kappa shape index (κ3) is 4.68. The number of anilines is 1. The quantitative estimate of drug-likeness (QED) is 0.874. The van der Waals surface area contributed by atoms with Gasteiger partial charge in [-0.25, -0.2) is 13.2 Å². The summed E-state index contributed by atoms with van der Waals surface area (Å²) >= 11 is 0. The number of carbonyl (C=O) groups excluding carboxylic acids is 1. The fourth-order valence-corrected chi connectivity index (χ4v) is 3.94. The highest BCUT2D eigenvalue weighted by Gasteiger charge is 2.28. The molecule has 0 atom stereocenters. The second-order valence-corrected chi connectivity index (χ2v) is 8.02. The molecular formula is C16H24N2O5S. The first-order valence-corrected chi connectivity index (χ1v) is 9.37. The van der Waals surface area contributed by atoms with E-state index < -0.39 is 16.1 Å². The number of benzene rings is 1. The number of aryl methyl sites for hydroxylation is 1. The molecule has 1 aromatic rings. The fraction of sp³-hybridized carbons (Fsp3) is 0.562. The van der Waals surface area contributed by atoms with Gasteiger partial charge in [-0.15, -0.1) is 0 Å². The lowest BCUT2D eigenvalue weighted by molar-refractivity contribution is 0.0730. The third-order valence-corrected chi connectivity index (χ3v) is 5.61. The van der Waals surface area contributed by atoms with E-state index in [0.717, 1.165) is 0 Å². The molecule has 1 aliphatic heterocycles. The van der Waals surface area contributed by atoms with Crippen LogP contribution in [0.5, 0.6) is 0 Å². The van der Waals surface area contributed by atoms with Crippen molar-refractivity contribution in [2.75, 3.05) is 38.2 Å². The predicted octanol–water partition coefficient (Wildman–Crippen LogP) is 2.22. The van der Waals surface area contributed by atoms with Gasteiger partial charge in [0, 0.05) is 18.8 Å². The van der Waals surface area contributed by atoms with Crippen molar-refractivity contribution < 1.29 is 22.7 Å². The maximum Gasteiger partial charge on any atom is 0.411 e. The van der Waals surface area contributed by atoms with Gasteiger partial charge in [0.25, 0.3) is 0 Å². The van der Waals surface area contributed by atoms with Gasteiger partial charge in [0.2, 0.25) is 10.0 Å². The first-order chi connectivity index (χ1) is 11.3. The zero-order valence-electron chi connectivity index (χ0n) is 14.2. The van der Waals surface area contributed by atoms with Gasteiger partial charge in [0.05, 0.1) is 24.7 Å². The van der Waals surface area contributed by atoms with Crippen LogP contribution in [0.1, 0.15) is 19.4 Å². The fourth-order valence-electron chi connectivity index (χ4n) is 2.28. The molecule has 0 radical (unpaired) electrons. The summed E-state index contributed by atoms with van der Waals surface area (Å²) in [6.07, 6.45) is -0.595. The number of hydrogen-bond donors (Lipinski definition) is 1. The van der Waals surface area contributed by atoms with Crippen LogP contribution in [0.15, 0.2) is 23.1 Å². The van der Waals surface area contributed by atoms with E-state index in [1.54, 1.807) is 19.1 Å². The molecule has 1 amide bonds. The van der Waals surface area contributed by atoms with E-state index in [0.29, 0.717) is 44.2 Å². The summed E-state index contributed by atoms with van der Waals surface area (Å²) in [6.45, 7) is 7.34. The lowest BCUT2D eigenvalue weighted by Crippen LogP contribution is -2.40. The molecular weight excluding hydrogens is 332 g/mol. The average Bonchev–Trinajstić information content (AvgIpc) is 2.55. The van der Waals surface area contributed by atoms with Crippen LogP contribution in [-0.4, -0.2) is 51.7 Å². The lowest BCUT2D eigenvalue weighted by Gasteiger charge is -2.26. The number of nitrogens with one attached hydrogen (secondary N) is 1. The van der Waals surface area contributed by atoms with Crippen LogP contribution in [0.3, 0.4) is 0 Å². The second-order valence-electron chi connectivity index (χ2n) is 6.11. The summed E-state index contributed by atoms with van der Waals surface area (Å²) in [4.78, 5) is 11.9. The smallest absolute Gasteiger partial charge is 0.411 e. The number of carbonyl (C=O) groups is 1. The molecule has 8 heteroatoms. The Kier molecular flexibility index (Phi) is 6.20. The van der Waals surface area contributed by atoms with E-state index in [-0.39, 0.29) is 10.8 Å². The SMILES string of the molecule is Cc1ccc(NC(=O)OCC(C)C)cc1S(=O)(=O)N1CCOCC1. The molecule has 0 saturated carbocycles. The third-order valence-electron chi connectivity index (χ3n) is 3.57.